The molecule has 0 aliphatic heterocycles. The van der Waals surface area contributed by atoms with Crippen LogP contribution in [-0.2, 0) is 0 Å². The molecule has 4 aromatic rings. The van der Waals surface area contributed by atoms with Gasteiger partial charge in [0, 0.05) is 11.9 Å². The summed E-state index contributed by atoms with van der Waals surface area (Å²) >= 11 is 0. The molecule has 0 unspecified atom stereocenters. The largest absolute Gasteiger partial charge is 0.338 e. The Kier molecular flexibility index (Phi) is 4.38. The summed E-state index contributed by atoms with van der Waals surface area (Å²) in [5, 5.41) is 7.36. The number of aryl methyl sites for hydroxylation is 2. The number of aromatic nitrogens is 4. The number of nitrogens with zero attached hydrogens (tertiary/aromatic N) is 4. The first-order valence-electron chi connectivity index (χ1n) is 8.72. The minimum Gasteiger partial charge on any atom is -0.338 e. The molecular formula is C21H19N5O. The van der Waals surface area contributed by atoms with Crippen LogP contribution in [0.4, 0.5) is 0 Å². The first-order chi connectivity index (χ1) is 13.1. The number of carbonyl (C=O) groups is 1. The molecule has 1 amide bonds. The third-order valence-corrected chi connectivity index (χ3v) is 4.45. The smallest absolute Gasteiger partial charge is 0.291 e. The summed E-state index contributed by atoms with van der Waals surface area (Å²) in [6, 6.07) is 19.5. The molecule has 134 valence electrons. The zero-order valence-electron chi connectivity index (χ0n) is 15.1. The van der Waals surface area contributed by atoms with E-state index in [9.17, 15) is 4.79 Å². The minimum atomic E-state index is -0.339. The number of fused-ring (bicyclic) bond motifs is 1. The van der Waals surface area contributed by atoms with Gasteiger partial charge < -0.3 is 5.32 Å². The Labute approximate surface area is 156 Å². The number of nitrogens with one attached hydrogen (secondary N) is 1. The summed E-state index contributed by atoms with van der Waals surface area (Å²) in [5.41, 5.74) is 4.02. The van der Waals surface area contributed by atoms with Crippen LogP contribution in [0.15, 0.2) is 66.9 Å². The van der Waals surface area contributed by atoms with Crippen LogP contribution in [0.25, 0.3) is 5.78 Å². The van der Waals surface area contributed by atoms with E-state index in [2.05, 4.69) is 20.4 Å². The lowest BCUT2D eigenvalue weighted by Gasteiger charge is -2.19. The molecule has 2 heterocycles. The van der Waals surface area contributed by atoms with Gasteiger partial charge in [0.2, 0.25) is 5.82 Å². The Morgan fingerprint density at radius 2 is 1.67 bits per heavy atom. The van der Waals surface area contributed by atoms with Crippen molar-refractivity contribution in [2.24, 2.45) is 0 Å². The summed E-state index contributed by atoms with van der Waals surface area (Å²) in [5.74, 6) is 0.172. The number of rotatable bonds is 4. The first kappa shape index (κ1) is 16.9. The molecule has 0 saturated heterocycles. The molecule has 6 nitrogen and oxygen atoms in total. The Morgan fingerprint density at radius 1 is 0.963 bits per heavy atom. The SMILES string of the molecule is Cc1ccc([C@@H](NC(=O)c2nc3nccc(C)n3n2)c2ccccc2)cc1. The van der Waals surface area contributed by atoms with Gasteiger partial charge >= 0.3 is 0 Å². The maximum Gasteiger partial charge on any atom is 0.291 e. The Balaban J connectivity index is 1.69. The van der Waals surface area contributed by atoms with Crippen LogP contribution in [0.3, 0.4) is 0 Å². The van der Waals surface area contributed by atoms with Gasteiger partial charge in [-0.05, 0) is 31.0 Å². The fourth-order valence-corrected chi connectivity index (χ4v) is 2.96. The van der Waals surface area contributed by atoms with Crippen molar-refractivity contribution in [2.45, 2.75) is 19.9 Å². The van der Waals surface area contributed by atoms with Crippen molar-refractivity contribution in [2.75, 3.05) is 0 Å². The second-order valence-electron chi connectivity index (χ2n) is 6.46. The van der Waals surface area contributed by atoms with Crippen molar-refractivity contribution in [3.63, 3.8) is 0 Å². The highest BCUT2D eigenvalue weighted by atomic mass is 16.2. The lowest BCUT2D eigenvalue weighted by molar-refractivity contribution is 0.0932. The van der Waals surface area contributed by atoms with E-state index in [0.29, 0.717) is 5.78 Å². The van der Waals surface area contributed by atoms with E-state index in [1.165, 1.54) is 5.56 Å². The maximum absolute atomic E-state index is 12.9. The van der Waals surface area contributed by atoms with Gasteiger partial charge in [0.05, 0.1) is 6.04 Å². The van der Waals surface area contributed by atoms with Crippen molar-refractivity contribution < 1.29 is 4.79 Å². The molecular weight excluding hydrogens is 338 g/mol. The number of hydrogen-bond donors (Lipinski definition) is 1. The highest BCUT2D eigenvalue weighted by molar-refractivity contribution is 5.91. The van der Waals surface area contributed by atoms with E-state index < -0.39 is 0 Å². The summed E-state index contributed by atoms with van der Waals surface area (Å²) < 4.78 is 1.57. The van der Waals surface area contributed by atoms with Crippen molar-refractivity contribution in [1.29, 1.82) is 0 Å². The molecule has 0 bridgehead atoms. The van der Waals surface area contributed by atoms with Gasteiger partial charge in [-0.3, -0.25) is 4.79 Å². The predicted molar refractivity (Wildman–Crippen MR) is 102 cm³/mol. The fraction of sp³-hybridized carbons (Fsp3) is 0.143. The van der Waals surface area contributed by atoms with Gasteiger partial charge in [0.1, 0.15) is 0 Å². The van der Waals surface area contributed by atoms with Crippen LogP contribution in [-0.4, -0.2) is 25.5 Å². The second kappa shape index (κ2) is 6.99. The normalized spacial score (nSPS) is 12.1. The molecule has 0 radical (unpaired) electrons. The topological polar surface area (TPSA) is 72.2 Å². The molecule has 0 fully saturated rings. The average Bonchev–Trinajstić information content (AvgIpc) is 3.13. The Morgan fingerprint density at radius 3 is 2.37 bits per heavy atom. The van der Waals surface area contributed by atoms with E-state index in [-0.39, 0.29) is 17.8 Å². The lowest BCUT2D eigenvalue weighted by Crippen LogP contribution is -2.30. The van der Waals surface area contributed by atoms with Gasteiger partial charge in [-0.15, -0.1) is 5.10 Å². The molecule has 27 heavy (non-hydrogen) atoms. The summed E-state index contributed by atoms with van der Waals surface area (Å²) in [6.07, 6.45) is 1.65. The summed E-state index contributed by atoms with van der Waals surface area (Å²) in [6.45, 7) is 3.93. The number of amides is 1. The van der Waals surface area contributed by atoms with Gasteiger partial charge in [0.15, 0.2) is 0 Å². The van der Waals surface area contributed by atoms with Gasteiger partial charge in [-0.2, -0.15) is 4.98 Å². The molecule has 6 heteroatoms. The van der Waals surface area contributed by atoms with E-state index >= 15 is 0 Å². The van der Waals surface area contributed by atoms with E-state index in [1.54, 1.807) is 10.7 Å². The molecule has 0 saturated carbocycles. The van der Waals surface area contributed by atoms with E-state index in [1.807, 2.05) is 74.5 Å². The standard InChI is InChI=1S/C21H19N5O/c1-14-8-10-17(11-9-14)18(16-6-4-3-5-7-16)23-20(27)19-24-21-22-13-12-15(2)26(21)25-19/h3-13,18H,1-2H3,(H,23,27)/t18-/m0/s1. The average molecular weight is 357 g/mol. The molecule has 0 aliphatic carbocycles. The maximum atomic E-state index is 12.9. The van der Waals surface area contributed by atoms with Gasteiger partial charge in [0.25, 0.3) is 11.7 Å². The quantitative estimate of drug-likeness (QED) is 0.608. The third kappa shape index (κ3) is 3.42. The highest BCUT2D eigenvalue weighted by Gasteiger charge is 2.21. The van der Waals surface area contributed by atoms with Crippen LogP contribution in [0, 0.1) is 13.8 Å². The molecule has 0 spiro atoms. The molecule has 2 aromatic heterocycles. The zero-order valence-corrected chi connectivity index (χ0v) is 15.1. The van der Waals surface area contributed by atoms with Gasteiger partial charge in [-0.1, -0.05) is 60.2 Å². The third-order valence-electron chi connectivity index (χ3n) is 4.45. The molecule has 2 aromatic carbocycles. The second-order valence-corrected chi connectivity index (χ2v) is 6.46. The minimum absolute atomic E-state index is 0.102. The summed E-state index contributed by atoms with van der Waals surface area (Å²) in [4.78, 5) is 21.3. The van der Waals surface area contributed by atoms with Crippen LogP contribution in [0.5, 0.6) is 0 Å². The summed E-state index contributed by atoms with van der Waals surface area (Å²) in [7, 11) is 0. The first-order valence-corrected chi connectivity index (χ1v) is 8.72. The van der Waals surface area contributed by atoms with Crippen molar-refractivity contribution in [1.82, 2.24) is 24.9 Å². The van der Waals surface area contributed by atoms with E-state index in [4.69, 9.17) is 0 Å². The molecule has 1 atom stereocenters. The van der Waals surface area contributed by atoms with Crippen molar-refractivity contribution in [3.8, 4) is 0 Å². The van der Waals surface area contributed by atoms with Crippen LogP contribution in [0.1, 0.15) is 39.0 Å². The fourth-order valence-electron chi connectivity index (χ4n) is 2.96. The molecule has 0 aliphatic rings. The predicted octanol–water partition coefficient (Wildman–Crippen LogP) is 3.26. The molecule has 1 N–H and O–H groups in total. The zero-order chi connectivity index (χ0) is 18.8. The van der Waals surface area contributed by atoms with Crippen LogP contribution in [0.2, 0.25) is 0 Å². The Hall–Kier alpha value is -3.54. The Bertz CT molecular complexity index is 1090. The van der Waals surface area contributed by atoms with Crippen molar-refractivity contribution in [3.05, 3.63) is 95.1 Å². The molecule has 4 rings (SSSR count). The lowest BCUT2D eigenvalue weighted by atomic mass is 9.98. The van der Waals surface area contributed by atoms with Crippen LogP contribution >= 0.6 is 0 Å². The van der Waals surface area contributed by atoms with E-state index in [0.717, 1.165) is 16.8 Å². The number of hydrogen-bond acceptors (Lipinski definition) is 4. The van der Waals surface area contributed by atoms with Crippen LogP contribution < -0.4 is 5.32 Å². The highest BCUT2D eigenvalue weighted by Crippen LogP contribution is 2.22. The number of carbonyl (C=O) groups excluding carboxylic acids is 1. The monoisotopic (exact) mass is 357 g/mol. The van der Waals surface area contributed by atoms with Crippen molar-refractivity contribution >= 4 is 11.7 Å². The van der Waals surface area contributed by atoms with Gasteiger partial charge in [-0.25, -0.2) is 9.50 Å². The number of benzene rings is 2.